The number of aliphatic hydroxyl groups excluding tert-OH is 1. The van der Waals surface area contributed by atoms with Crippen molar-refractivity contribution in [3.8, 4) is 11.8 Å². The van der Waals surface area contributed by atoms with E-state index in [1.807, 2.05) is 6.92 Å². The summed E-state index contributed by atoms with van der Waals surface area (Å²) in [6.07, 6.45) is 4.03. The third-order valence-electron chi connectivity index (χ3n) is 3.82. The van der Waals surface area contributed by atoms with Crippen LogP contribution in [0.4, 0.5) is 0 Å². The molecular weight excluding hydrogens is 286 g/mol. The van der Waals surface area contributed by atoms with E-state index in [2.05, 4.69) is 11.8 Å². The molecule has 0 saturated heterocycles. The Bertz CT molecular complexity index is 637. The SMILES string of the molecule is CCN(C1CCCC1)S(=O)(=O)c1ccccc1C#CCO. The minimum atomic E-state index is -3.55. The summed E-state index contributed by atoms with van der Waals surface area (Å²) < 4.78 is 27.5. The molecule has 1 aliphatic carbocycles. The lowest BCUT2D eigenvalue weighted by atomic mass is 10.2. The van der Waals surface area contributed by atoms with Gasteiger partial charge < -0.3 is 5.11 Å². The van der Waals surface area contributed by atoms with Gasteiger partial charge in [-0.15, -0.1) is 0 Å². The molecule has 0 radical (unpaired) electrons. The van der Waals surface area contributed by atoms with E-state index in [0.717, 1.165) is 25.7 Å². The highest BCUT2D eigenvalue weighted by molar-refractivity contribution is 7.89. The molecule has 0 aliphatic heterocycles. The number of hydrogen-bond acceptors (Lipinski definition) is 3. The van der Waals surface area contributed by atoms with E-state index < -0.39 is 10.0 Å². The van der Waals surface area contributed by atoms with Crippen LogP contribution in [-0.2, 0) is 10.0 Å². The molecule has 2 rings (SSSR count). The number of sulfonamides is 1. The van der Waals surface area contributed by atoms with E-state index in [1.54, 1.807) is 28.6 Å². The van der Waals surface area contributed by atoms with E-state index in [-0.39, 0.29) is 17.5 Å². The average molecular weight is 307 g/mol. The van der Waals surface area contributed by atoms with Crippen molar-refractivity contribution < 1.29 is 13.5 Å². The summed E-state index contributed by atoms with van der Waals surface area (Å²) >= 11 is 0. The van der Waals surface area contributed by atoms with Gasteiger partial charge in [-0.3, -0.25) is 0 Å². The van der Waals surface area contributed by atoms with Gasteiger partial charge in [-0.05, 0) is 25.0 Å². The Morgan fingerprint density at radius 2 is 1.95 bits per heavy atom. The topological polar surface area (TPSA) is 57.6 Å². The van der Waals surface area contributed by atoms with Gasteiger partial charge >= 0.3 is 0 Å². The zero-order valence-corrected chi connectivity index (χ0v) is 13.1. The highest BCUT2D eigenvalue weighted by atomic mass is 32.2. The Morgan fingerprint density at radius 3 is 2.57 bits per heavy atom. The molecule has 21 heavy (non-hydrogen) atoms. The first kappa shape index (κ1) is 16.0. The summed E-state index contributed by atoms with van der Waals surface area (Å²) in [6, 6.07) is 6.83. The van der Waals surface area contributed by atoms with Crippen LogP contribution in [0.1, 0.15) is 38.2 Å². The largest absolute Gasteiger partial charge is 0.384 e. The van der Waals surface area contributed by atoms with Gasteiger partial charge in [-0.25, -0.2) is 8.42 Å². The summed E-state index contributed by atoms with van der Waals surface area (Å²) in [4.78, 5) is 0.236. The Balaban J connectivity index is 2.42. The molecule has 1 aromatic carbocycles. The van der Waals surface area contributed by atoms with Gasteiger partial charge in [0.1, 0.15) is 6.61 Å². The standard InChI is InChI=1S/C16H21NO3S/c1-2-17(15-10-4-5-11-15)21(19,20)16-12-6-3-8-14(16)9-7-13-18/h3,6,8,12,15,18H,2,4-5,10-11,13H2,1H3. The number of hydrogen-bond donors (Lipinski definition) is 1. The third kappa shape index (κ3) is 3.46. The van der Waals surface area contributed by atoms with Crippen LogP contribution >= 0.6 is 0 Å². The fraction of sp³-hybridized carbons (Fsp3) is 0.500. The van der Waals surface area contributed by atoms with Crippen molar-refractivity contribution in [2.75, 3.05) is 13.2 Å². The molecule has 0 atom stereocenters. The monoisotopic (exact) mass is 307 g/mol. The van der Waals surface area contributed by atoms with Crippen LogP contribution in [0.15, 0.2) is 29.2 Å². The van der Waals surface area contributed by atoms with E-state index in [4.69, 9.17) is 5.11 Å². The molecule has 0 unspecified atom stereocenters. The predicted octanol–water partition coefficient (Wildman–Crippen LogP) is 1.98. The van der Waals surface area contributed by atoms with Gasteiger partial charge in [0.25, 0.3) is 0 Å². The summed E-state index contributed by atoms with van der Waals surface area (Å²) in [5.41, 5.74) is 0.447. The Morgan fingerprint density at radius 1 is 1.29 bits per heavy atom. The maximum absolute atomic E-state index is 12.9. The first-order valence-electron chi connectivity index (χ1n) is 7.32. The van der Waals surface area contributed by atoms with Gasteiger partial charge in [-0.2, -0.15) is 4.31 Å². The zero-order valence-electron chi connectivity index (χ0n) is 12.2. The first-order chi connectivity index (χ1) is 10.1. The predicted molar refractivity (Wildman–Crippen MR) is 82.2 cm³/mol. The normalized spacial score (nSPS) is 16.0. The van der Waals surface area contributed by atoms with Gasteiger partial charge in [-0.1, -0.05) is 43.7 Å². The quantitative estimate of drug-likeness (QED) is 0.865. The van der Waals surface area contributed by atoms with Crippen molar-refractivity contribution in [3.63, 3.8) is 0 Å². The second-order valence-corrected chi connectivity index (χ2v) is 6.96. The molecule has 1 fully saturated rings. The molecule has 1 N–H and O–H groups in total. The lowest BCUT2D eigenvalue weighted by Gasteiger charge is -2.27. The molecule has 0 bridgehead atoms. The smallest absolute Gasteiger partial charge is 0.244 e. The van der Waals surface area contributed by atoms with Crippen molar-refractivity contribution in [1.82, 2.24) is 4.31 Å². The third-order valence-corrected chi connectivity index (χ3v) is 5.91. The maximum atomic E-state index is 12.9. The van der Waals surface area contributed by atoms with Gasteiger partial charge in [0.2, 0.25) is 10.0 Å². The van der Waals surface area contributed by atoms with Gasteiger partial charge in [0.05, 0.1) is 4.90 Å². The zero-order chi connectivity index (χ0) is 15.3. The molecule has 0 spiro atoms. The van der Waals surface area contributed by atoms with Crippen LogP contribution in [0.3, 0.4) is 0 Å². The fourth-order valence-electron chi connectivity index (χ4n) is 2.87. The highest BCUT2D eigenvalue weighted by Gasteiger charge is 2.32. The van der Waals surface area contributed by atoms with Gasteiger partial charge in [0, 0.05) is 18.2 Å². The number of benzene rings is 1. The number of aliphatic hydroxyl groups is 1. The molecule has 1 saturated carbocycles. The molecule has 1 aliphatic rings. The fourth-order valence-corrected chi connectivity index (χ4v) is 4.72. The molecule has 0 aromatic heterocycles. The second-order valence-electron chi connectivity index (χ2n) is 5.10. The van der Waals surface area contributed by atoms with Gasteiger partial charge in [0.15, 0.2) is 0 Å². The molecule has 0 amide bonds. The van der Waals surface area contributed by atoms with E-state index in [1.165, 1.54) is 0 Å². The van der Waals surface area contributed by atoms with Crippen molar-refractivity contribution in [1.29, 1.82) is 0 Å². The highest BCUT2D eigenvalue weighted by Crippen LogP contribution is 2.29. The molecule has 1 aromatic rings. The van der Waals surface area contributed by atoms with Crippen LogP contribution in [0.2, 0.25) is 0 Å². The molecule has 5 heteroatoms. The summed E-state index contributed by atoms with van der Waals surface area (Å²) in [5.74, 6) is 5.26. The maximum Gasteiger partial charge on any atom is 0.244 e. The van der Waals surface area contributed by atoms with Crippen molar-refractivity contribution in [2.24, 2.45) is 0 Å². The van der Waals surface area contributed by atoms with Crippen LogP contribution in [0.25, 0.3) is 0 Å². The number of rotatable bonds is 4. The van der Waals surface area contributed by atoms with Crippen LogP contribution in [0, 0.1) is 11.8 Å². The Kier molecular flexibility index (Phi) is 5.40. The average Bonchev–Trinajstić information content (AvgIpc) is 2.99. The summed E-state index contributed by atoms with van der Waals surface area (Å²) in [5, 5.41) is 8.82. The molecule has 0 heterocycles. The Labute approximate surface area is 126 Å². The molecule has 4 nitrogen and oxygen atoms in total. The van der Waals surface area contributed by atoms with Crippen LogP contribution < -0.4 is 0 Å². The Hall–Kier alpha value is -1.35. The minimum Gasteiger partial charge on any atom is -0.384 e. The molecular formula is C16H21NO3S. The first-order valence-corrected chi connectivity index (χ1v) is 8.76. The lowest BCUT2D eigenvalue weighted by Crippen LogP contribution is -2.38. The lowest BCUT2D eigenvalue weighted by molar-refractivity contribution is 0.335. The summed E-state index contributed by atoms with van der Waals surface area (Å²) in [6.45, 7) is 2.06. The number of nitrogens with zero attached hydrogens (tertiary/aromatic N) is 1. The van der Waals surface area contributed by atoms with Crippen molar-refractivity contribution in [3.05, 3.63) is 29.8 Å². The second kappa shape index (κ2) is 7.08. The van der Waals surface area contributed by atoms with E-state index >= 15 is 0 Å². The van der Waals surface area contributed by atoms with Crippen LogP contribution in [-0.4, -0.2) is 37.0 Å². The van der Waals surface area contributed by atoms with Crippen LogP contribution in [0.5, 0.6) is 0 Å². The van der Waals surface area contributed by atoms with E-state index in [9.17, 15) is 8.42 Å². The van der Waals surface area contributed by atoms with Crippen molar-refractivity contribution >= 4 is 10.0 Å². The summed E-state index contributed by atoms with van der Waals surface area (Å²) in [7, 11) is -3.55. The van der Waals surface area contributed by atoms with Crippen molar-refractivity contribution in [2.45, 2.75) is 43.5 Å². The molecule has 114 valence electrons. The minimum absolute atomic E-state index is 0.0962. The van der Waals surface area contributed by atoms with E-state index in [0.29, 0.717) is 12.1 Å².